The van der Waals surface area contributed by atoms with Crippen LogP contribution in [0.3, 0.4) is 0 Å². The lowest BCUT2D eigenvalue weighted by molar-refractivity contribution is -0.127. The molecule has 0 bridgehead atoms. The van der Waals surface area contributed by atoms with E-state index >= 15 is 0 Å². The highest BCUT2D eigenvalue weighted by Crippen LogP contribution is 2.19. The third-order valence-corrected chi connectivity index (χ3v) is 4.11. The van der Waals surface area contributed by atoms with Gasteiger partial charge in [-0.1, -0.05) is 23.4 Å². The Morgan fingerprint density at radius 2 is 1.95 bits per heavy atom. The minimum absolute atomic E-state index is 0.0793. The van der Waals surface area contributed by atoms with Crippen LogP contribution in [-0.4, -0.2) is 49.9 Å². The van der Waals surface area contributed by atoms with E-state index in [2.05, 4.69) is 15.5 Å². The Hall–Kier alpha value is -1.60. The van der Waals surface area contributed by atoms with Crippen molar-refractivity contribution in [2.24, 2.45) is 0 Å². The highest BCUT2D eigenvalue weighted by Gasteiger charge is 2.14. The van der Waals surface area contributed by atoms with Gasteiger partial charge in [-0.25, -0.2) is 0 Å². The zero-order valence-electron chi connectivity index (χ0n) is 11.9. The maximum Gasteiger partial charge on any atom is 0.233 e. The molecule has 1 aromatic heterocycles. The van der Waals surface area contributed by atoms with Gasteiger partial charge in [0.15, 0.2) is 0 Å². The van der Waals surface area contributed by atoms with Gasteiger partial charge >= 0.3 is 0 Å². The zero-order chi connectivity index (χ0) is 15.2. The van der Waals surface area contributed by atoms with E-state index in [1.54, 1.807) is 21.7 Å². The molecule has 0 unspecified atom stereocenters. The number of carbonyl (C=O) groups is 1. The molecule has 0 aliphatic heterocycles. The molecule has 1 aromatic carbocycles. The molecular weight excluding hydrogens is 310 g/mol. The predicted molar refractivity (Wildman–Crippen MR) is 82.8 cm³/mol. The quantitative estimate of drug-likeness (QED) is 0.762. The summed E-state index contributed by atoms with van der Waals surface area (Å²) in [5, 5.41) is 12.8. The zero-order valence-corrected chi connectivity index (χ0v) is 13.4. The van der Waals surface area contributed by atoms with Gasteiger partial charge in [0.05, 0.1) is 11.4 Å². The first-order chi connectivity index (χ1) is 10.2. The van der Waals surface area contributed by atoms with E-state index in [0.717, 1.165) is 5.69 Å². The van der Waals surface area contributed by atoms with Crippen molar-refractivity contribution >= 4 is 29.3 Å². The highest BCUT2D eigenvalue weighted by molar-refractivity contribution is 7.99. The van der Waals surface area contributed by atoms with Gasteiger partial charge in [0.2, 0.25) is 11.1 Å². The summed E-state index contributed by atoms with van der Waals surface area (Å²) >= 11 is 7.19. The molecule has 0 saturated carbocycles. The number of hydrogen-bond acceptors (Lipinski definition) is 5. The summed E-state index contributed by atoms with van der Waals surface area (Å²) in [6, 6.07) is 7.20. The van der Waals surface area contributed by atoms with Gasteiger partial charge in [0.1, 0.15) is 0 Å². The van der Waals surface area contributed by atoms with E-state index in [0.29, 0.717) is 29.0 Å². The summed E-state index contributed by atoms with van der Waals surface area (Å²) < 4.78 is 1.59. The standard InChI is InChI=1S/C13H16ClN5OS/c1-3-18(4-2)12(20)9-21-13-15-16-17-19(13)11-7-5-10(14)6-8-11/h5-8H,3-4,9H2,1-2H3. The lowest BCUT2D eigenvalue weighted by atomic mass is 10.3. The van der Waals surface area contributed by atoms with Crippen LogP contribution in [0.25, 0.3) is 5.69 Å². The van der Waals surface area contributed by atoms with Crippen LogP contribution in [0, 0.1) is 0 Å². The van der Waals surface area contributed by atoms with E-state index in [-0.39, 0.29) is 5.91 Å². The van der Waals surface area contributed by atoms with Crippen molar-refractivity contribution in [2.45, 2.75) is 19.0 Å². The van der Waals surface area contributed by atoms with E-state index in [1.165, 1.54) is 11.8 Å². The number of aromatic nitrogens is 4. The second-order valence-corrected chi connectivity index (χ2v) is 5.58. The molecule has 0 aliphatic rings. The number of carbonyl (C=O) groups excluding carboxylic acids is 1. The van der Waals surface area contributed by atoms with E-state index in [9.17, 15) is 4.79 Å². The number of hydrogen-bond donors (Lipinski definition) is 0. The SMILES string of the molecule is CCN(CC)C(=O)CSc1nnnn1-c1ccc(Cl)cc1. The highest BCUT2D eigenvalue weighted by atomic mass is 35.5. The van der Waals surface area contributed by atoms with Crippen molar-refractivity contribution in [3.05, 3.63) is 29.3 Å². The molecule has 112 valence electrons. The van der Waals surface area contributed by atoms with Gasteiger partial charge in [-0.15, -0.1) is 5.10 Å². The van der Waals surface area contributed by atoms with Crippen molar-refractivity contribution in [2.75, 3.05) is 18.8 Å². The maximum absolute atomic E-state index is 12.0. The molecule has 0 fully saturated rings. The molecule has 2 rings (SSSR count). The lowest BCUT2D eigenvalue weighted by Crippen LogP contribution is -2.31. The Morgan fingerprint density at radius 1 is 1.29 bits per heavy atom. The summed E-state index contributed by atoms with van der Waals surface area (Å²) in [5.41, 5.74) is 0.808. The van der Waals surface area contributed by atoms with Gasteiger partial charge in [-0.2, -0.15) is 4.68 Å². The van der Waals surface area contributed by atoms with Crippen LogP contribution in [0.15, 0.2) is 29.4 Å². The molecule has 1 amide bonds. The van der Waals surface area contributed by atoms with Gasteiger partial charge < -0.3 is 4.90 Å². The molecule has 0 N–H and O–H groups in total. The predicted octanol–water partition coefficient (Wildman–Crippen LogP) is 2.28. The first-order valence-corrected chi connectivity index (χ1v) is 7.97. The Labute approximate surface area is 132 Å². The van der Waals surface area contributed by atoms with Crippen molar-refractivity contribution < 1.29 is 4.79 Å². The molecule has 0 atom stereocenters. The first kappa shape index (κ1) is 15.8. The van der Waals surface area contributed by atoms with Crippen molar-refractivity contribution in [1.29, 1.82) is 0 Å². The number of benzene rings is 1. The number of thioether (sulfide) groups is 1. The van der Waals surface area contributed by atoms with Crippen LogP contribution in [0.2, 0.25) is 5.02 Å². The monoisotopic (exact) mass is 325 g/mol. The number of halogens is 1. The Balaban J connectivity index is 2.07. The van der Waals surface area contributed by atoms with Crippen molar-refractivity contribution in [1.82, 2.24) is 25.1 Å². The van der Waals surface area contributed by atoms with Crippen LogP contribution < -0.4 is 0 Å². The van der Waals surface area contributed by atoms with Gasteiger partial charge in [-0.3, -0.25) is 4.79 Å². The van der Waals surface area contributed by atoms with Crippen LogP contribution in [0.5, 0.6) is 0 Å². The molecular formula is C13H16ClN5OS. The summed E-state index contributed by atoms with van der Waals surface area (Å²) in [6.07, 6.45) is 0. The van der Waals surface area contributed by atoms with Gasteiger partial charge in [0.25, 0.3) is 0 Å². The Kier molecular flexibility index (Phi) is 5.58. The van der Waals surface area contributed by atoms with Crippen LogP contribution in [0.1, 0.15) is 13.8 Å². The van der Waals surface area contributed by atoms with E-state index in [4.69, 9.17) is 11.6 Å². The average Bonchev–Trinajstić information content (AvgIpc) is 2.95. The fourth-order valence-electron chi connectivity index (χ4n) is 1.81. The number of rotatable bonds is 6. The van der Waals surface area contributed by atoms with Crippen LogP contribution in [0.4, 0.5) is 0 Å². The summed E-state index contributed by atoms with van der Waals surface area (Å²) in [4.78, 5) is 13.8. The second-order valence-electron chi connectivity index (χ2n) is 4.20. The van der Waals surface area contributed by atoms with Crippen molar-refractivity contribution in [3.8, 4) is 5.69 Å². The average molecular weight is 326 g/mol. The van der Waals surface area contributed by atoms with Crippen LogP contribution in [-0.2, 0) is 4.79 Å². The largest absolute Gasteiger partial charge is 0.343 e. The number of amides is 1. The second kappa shape index (κ2) is 7.42. The lowest BCUT2D eigenvalue weighted by Gasteiger charge is -2.17. The molecule has 6 nitrogen and oxygen atoms in total. The van der Waals surface area contributed by atoms with Gasteiger partial charge in [0, 0.05) is 18.1 Å². The molecule has 1 heterocycles. The molecule has 2 aromatic rings. The first-order valence-electron chi connectivity index (χ1n) is 6.60. The smallest absolute Gasteiger partial charge is 0.233 e. The minimum atomic E-state index is 0.0793. The molecule has 0 radical (unpaired) electrons. The number of tetrazole rings is 1. The molecule has 0 saturated heterocycles. The molecule has 0 aliphatic carbocycles. The number of nitrogens with zero attached hydrogens (tertiary/aromatic N) is 5. The fraction of sp³-hybridized carbons (Fsp3) is 0.385. The summed E-state index contributed by atoms with van der Waals surface area (Å²) in [7, 11) is 0. The topological polar surface area (TPSA) is 63.9 Å². The molecule has 0 spiro atoms. The van der Waals surface area contributed by atoms with E-state index in [1.807, 2.05) is 26.0 Å². The summed E-state index contributed by atoms with van der Waals surface area (Å²) in [6.45, 7) is 5.34. The molecule has 21 heavy (non-hydrogen) atoms. The summed E-state index contributed by atoms with van der Waals surface area (Å²) in [5.74, 6) is 0.394. The Morgan fingerprint density at radius 3 is 2.57 bits per heavy atom. The molecule has 8 heteroatoms. The minimum Gasteiger partial charge on any atom is -0.343 e. The fourth-order valence-corrected chi connectivity index (χ4v) is 2.73. The van der Waals surface area contributed by atoms with Crippen LogP contribution >= 0.6 is 23.4 Å². The normalized spacial score (nSPS) is 10.6. The van der Waals surface area contributed by atoms with E-state index < -0.39 is 0 Å². The third kappa shape index (κ3) is 3.95. The third-order valence-electron chi connectivity index (χ3n) is 2.95. The maximum atomic E-state index is 12.0. The Bertz CT molecular complexity index is 597. The van der Waals surface area contributed by atoms with Crippen molar-refractivity contribution in [3.63, 3.8) is 0 Å². The van der Waals surface area contributed by atoms with Gasteiger partial charge in [-0.05, 0) is 48.5 Å².